The van der Waals surface area contributed by atoms with Crippen LogP contribution < -0.4 is 16.8 Å². The molecule has 7 N–H and O–H groups in total. The first-order chi connectivity index (χ1) is 17.7. The number of aromatic nitrogens is 3. The lowest BCUT2D eigenvalue weighted by molar-refractivity contribution is -0.140. The Morgan fingerprint density at radius 3 is 2.38 bits per heavy atom. The number of amides is 1. The number of carboxylic acids is 2. The molecule has 0 aliphatic rings. The smallest absolute Gasteiger partial charge is 0.326 e. The maximum atomic E-state index is 13.0. The molecule has 2 aromatic carbocycles. The molecule has 2 aromatic heterocycles. The van der Waals surface area contributed by atoms with E-state index in [0.29, 0.717) is 34.8 Å². The second kappa shape index (κ2) is 10.4. The van der Waals surface area contributed by atoms with E-state index in [4.69, 9.17) is 16.6 Å². The van der Waals surface area contributed by atoms with Crippen LogP contribution in [0, 0.1) is 6.92 Å². The molecule has 37 heavy (non-hydrogen) atoms. The topological polar surface area (TPSA) is 194 Å². The van der Waals surface area contributed by atoms with Gasteiger partial charge in [-0.2, -0.15) is 9.97 Å². The van der Waals surface area contributed by atoms with Crippen LogP contribution in [0.3, 0.4) is 0 Å². The molecule has 4 aromatic rings. The summed E-state index contributed by atoms with van der Waals surface area (Å²) < 4.78 is 0. The zero-order valence-electron chi connectivity index (χ0n) is 20.1. The van der Waals surface area contributed by atoms with Crippen molar-refractivity contribution < 1.29 is 24.6 Å². The number of pyridine rings is 1. The highest BCUT2D eigenvalue weighted by Gasteiger charge is 2.23. The fraction of sp³-hybridized carbons (Fsp3) is 0.231. The number of carboxylic acid groups (broad SMARTS) is 2. The van der Waals surface area contributed by atoms with E-state index in [1.807, 2.05) is 25.1 Å². The van der Waals surface area contributed by atoms with Crippen molar-refractivity contribution in [3.63, 3.8) is 0 Å². The van der Waals surface area contributed by atoms with Crippen LogP contribution in [0.25, 0.3) is 21.8 Å². The molecule has 4 rings (SSSR count). The molecule has 0 saturated carbocycles. The lowest BCUT2D eigenvalue weighted by Gasteiger charge is -2.16. The molecule has 0 radical (unpaired) electrons. The number of nitrogens with zero attached hydrogens (tertiary/aromatic N) is 3. The molecule has 0 aliphatic heterocycles. The third kappa shape index (κ3) is 5.40. The summed E-state index contributed by atoms with van der Waals surface area (Å²) in [5.74, 6) is -2.66. The Morgan fingerprint density at radius 1 is 0.973 bits per heavy atom. The highest BCUT2D eigenvalue weighted by atomic mass is 16.4. The molecule has 2 heterocycles. The van der Waals surface area contributed by atoms with Crippen molar-refractivity contribution in [1.29, 1.82) is 0 Å². The second-order valence-corrected chi connectivity index (χ2v) is 8.69. The number of aryl methyl sites for hydroxylation is 3. The van der Waals surface area contributed by atoms with Gasteiger partial charge in [0.1, 0.15) is 11.9 Å². The molecular formula is C26H26N6O5. The van der Waals surface area contributed by atoms with Crippen LogP contribution in [0.15, 0.2) is 42.6 Å². The maximum Gasteiger partial charge on any atom is 0.326 e. The van der Waals surface area contributed by atoms with Gasteiger partial charge in [0, 0.05) is 18.2 Å². The molecule has 1 atom stereocenters. The quantitative estimate of drug-likeness (QED) is 0.227. The number of aliphatic carboxylic acids is 2. The van der Waals surface area contributed by atoms with Crippen molar-refractivity contribution in [3.8, 4) is 0 Å². The summed E-state index contributed by atoms with van der Waals surface area (Å²) in [6.45, 7) is 1.93. The van der Waals surface area contributed by atoms with Gasteiger partial charge in [-0.25, -0.2) is 9.78 Å². The Hall–Kier alpha value is -4.80. The van der Waals surface area contributed by atoms with Crippen LogP contribution in [-0.2, 0) is 22.4 Å². The van der Waals surface area contributed by atoms with Gasteiger partial charge in [-0.15, -0.1) is 0 Å². The summed E-state index contributed by atoms with van der Waals surface area (Å²) in [5, 5.41) is 22.9. The normalized spacial score (nSPS) is 11.9. The third-order valence-electron chi connectivity index (χ3n) is 6.31. The number of rotatable bonds is 9. The van der Waals surface area contributed by atoms with E-state index in [1.165, 1.54) is 0 Å². The van der Waals surface area contributed by atoms with Crippen LogP contribution in [0.4, 0.5) is 11.8 Å². The highest BCUT2D eigenvalue weighted by molar-refractivity contribution is 6.08. The first-order valence-corrected chi connectivity index (χ1v) is 11.6. The van der Waals surface area contributed by atoms with Gasteiger partial charge in [-0.3, -0.25) is 9.59 Å². The molecule has 0 fully saturated rings. The van der Waals surface area contributed by atoms with E-state index in [9.17, 15) is 19.5 Å². The van der Waals surface area contributed by atoms with Gasteiger partial charge in [0.05, 0.1) is 5.39 Å². The minimum atomic E-state index is -1.31. The Bertz CT molecular complexity index is 1540. The Kier molecular flexibility index (Phi) is 7.14. The van der Waals surface area contributed by atoms with E-state index in [0.717, 1.165) is 22.1 Å². The first-order valence-electron chi connectivity index (χ1n) is 11.6. The van der Waals surface area contributed by atoms with Crippen molar-refractivity contribution in [2.45, 2.75) is 38.6 Å². The van der Waals surface area contributed by atoms with Crippen molar-refractivity contribution in [2.24, 2.45) is 0 Å². The monoisotopic (exact) mass is 502 g/mol. The van der Waals surface area contributed by atoms with Crippen molar-refractivity contribution in [1.82, 2.24) is 20.3 Å². The van der Waals surface area contributed by atoms with Gasteiger partial charge in [0.25, 0.3) is 5.91 Å². The van der Waals surface area contributed by atoms with Crippen molar-refractivity contribution in [2.75, 3.05) is 11.5 Å². The van der Waals surface area contributed by atoms with Gasteiger partial charge in [0.2, 0.25) is 5.95 Å². The summed E-state index contributed by atoms with van der Waals surface area (Å²) in [6.07, 6.45) is 2.45. The average Bonchev–Trinajstić information content (AvgIpc) is 2.85. The lowest BCUT2D eigenvalue weighted by Crippen LogP contribution is -2.41. The van der Waals surface area contributed by atoms with E-state index in [-0.39, 0.29) is 24.6 Å². The van der Waals surface area contributed by atoms with Gasteiger partial charge in [0.15, 0.2) is 5.65 Å². The van der Waals surface area contributed by atoms with E-state index in [1.54, 1.807) is 24.4 Å². The largest absolute Gasteiger partial charge is 0.481 e. The number of hydrogen-bond donors (Lipinski definition) is 5. The molecule has 0 saturated heterocycles. The molecular weight excluding hydrogens is 476 g/mol. The van der Waals surface area contributed by atoms with Gasteiger partial charge in [-0.05, 0) is 59.7 Å². The lowest BCUT2D eigenvalue weighted by atomic mass is 9.94. The number of nitrogen functional groups attached to an aromatic ring is 2. The van der Waals surface area contributed by atoms with Crippen LogP contribution in [-0.4, -0.2) is 49.1 Å². The summed E-state index contributed by atoms with van der Waals surface area (Å²) in [7, 11) is 0. The van der Waals surface area contributed by atoms with Crippen LogP contribution in [0.1, 0.15) is 39.9 Å². The number of hydrogen-bond acceptors (Lipinski definition) is 8. The Balaban J connectivity index is 1.60. The standard InChI is InChI=1S/C26H26N6O5/c1-13-15(12-29-23-21(13)22(27)31-26(28)32-23)7-6-14-8-9-18(17-5-3-2-4-16(14)17)24(35)30-19(25(36)37)10-11-20(33)34/h2-5,8-9,12,19H,6-7,10-11H2,1H3,(H,30,35)(H,33,34)(H,36,37)(H4,27,28,29,31,32)/t19-/m0/s1. The molecule has 0 aliphatic carbocycles. The Labute approximate surface area is 211 Å². The van der Waals surface area contributed by atoms with Gasteiger partial charge >= 0.3 is 11.9 Å². The SMILES string of the molecule is Cc1c(CCc2ccc(C(=O)N[C@@H](CCC(=O)O)C(=O)O)c3ccccc23)cnc2nc(N)nc(N)c12. The summed E-state index contributed by atoms with van der Waals surface area (Å²) in [6, 6.07) is 9.55. The number of nitrogens with two attached hydrogens (primary N) is 2. The predicted molar refractivity (Wildman–Crippen MR) is 138 cm³/mol. The molecule has 190 valence electrons. The van der Waals surface area contributed by atoms with Crippen LogP contribution in [0.5, 0.6) is 0 Å². The average molecular weight is 503 g/mol. The number of nitrogens with one attached hydrogen (secondary N) is 1. The van der Waals surface area contributed by atoms with Crippen molar-refractivity contribution >= 4 is 51.4 Å². The minimum absolute atomic E-state index is 0.0665. The van der Waals surface area contributed by atoms with E-state index in [2.05, 4.69) is 20.3 Å². The predicted octanol–water partition coefficient (Wildman–Crippen LogP) is 2.48. The third-order valence-corrected chi connectivity index (χ3v) is 6.31. The fourth-order valence-corrected chi connectivity index (χ4v) is 4.39. The fourth-order valence-electron chi connectivity index (χ4n) is 4.39. The number of benzene rings is 2. The highest BCUT2D eigenvalue weighted by Crippen LogP contribution is 2.27. The number of anilines is 2. The first kappa shape index (κ1) is 25.3. The molecule has 1 amide bonds. The number of fused-ring (bicyclic) bond motifs is 2. The summed E-state index contributed by atoms with van der Waals surface area (Å²) in [5.41, 5.74) is 15.4. The second-order valence-electron chi connectivity index (χ2n) is 8.69. The molecule has 0 spiro atoms. The number of carbonyl (C=O) groups excluding carboxylic acids is 1. The van der Waals surface area contributed by atoms with Crippen LogP contribution >= 0.6 is 0 Å². The molecule has 0 unspecified atom stereocenters. The van der Waals surface area contributed by atoms with E-state index < -0.39 is 23.9 Å². The molecule has 11 nitrogen and oxygen atoms in total. The summed E-state index contributed by atoms with van der Waals surface area (Å²) in [4.78, 5) is 47.9. The van der Waals surface area contributed by atoms with E-state index >= 15 is 0 Å². The van der Waals surface area contributed by atoms with Crippen LogP contribution in [0.2, 0.25) is 0 Å². The van der Waals surface area contributed by atoms with Gasteiger partial charge in [-0.1, -0.05) is 30.3 Å². The maximum absolute atomic E-state index is 13.0. The molecule has 0 bridgehead atoms. The molecule has 11 heteroatoms. The zero-order valence-corrected chi connectivity index (χ0v) is 20.1. The zero-order chi connectivity index (χ0) is 26.7. The van der Waals surface area contributed by atoms with Gasteiger partial charge < -0.3 is 27.0 Å². The number of carbonyl (C=O) groups is 3. The summed E-state index contributed by atoms with van der Waals surface area (Å²) >= 11 is 0. The minimum Gasteiger partial charge on any atom is -0.481 e. The Morgan fingerprint density at radius 2 is 1.68 bits per heavy atom. The van der Waals surface area contributed by atoms with Crippen molar-refractivity contribution in [3.05, 3.63) is 64.8 Å².